The molecule has 0 spiro atoms. The minimum absolute atomic E-state index is 0.0473. The lowest BCUT2D eigenvalue weighted by Gasteiger charge is -2.21. The van der Waals surface area contributed by atoms with Gasteiger partial charge in [0.15, 0.2) is 11.5 Å². The first-order chi connectivity index (χ1) is 13.9. The van der Waals surface area contributed by atoms with Crippen molar-refractivity contribution < 1.29 is 27.4 Å². The van der Waals surface area contributed by atoms with Gasteiger partial charge in [-0.1, -0.05) is 18.2 Å². The average Bonchev–Trinajstić information content (AvgIpc) is 2.73. The molecule has 1 heterocycles. The number of nitrogens with zero attached hydrogens (tertiary/aromatic N) is 1. The molecule has 2 aromatic carbocycles. The SMILES string of the molecule is COc1ccccc1CCNC(=O)CN(C)S(=O)(=O)c1ccc2c(c1)OCCO2. The fourth-order valence-electron chi connectivity index (χ4n) is 2.95. The fourth-order valence-corrected chi connectivity index (χ4v) is 4.10. The van der Waals surface area contributed by atoms with Crippen LogP contribution in [0.15, 0.2) is 47.4 Å². The summed E-state index contributed by atoms with van der Waals surface area (Å²) in [4.78, 5) is 12.3. The van der Waals surface area contributed by atoms with Crippen LogP contribution < -0.4 is 19.5 Å². The summed E-state index contributed by atoms with van der Waals surface area (Å²) >= 11 is 0. The standard InChI is InChI=1S/C20H24N2O6S/c1-22(14-20(23)21-10-9-15-5-3-4-6-17(15)26-2)29(24,25)16-7-8-18-19(13-16)28-12-11-27-18/h3-8,13H,9-12,14H2,1-2H3,(H,21,23). The highest BCUT2D eigenvalue weighted by Crippen LogP contribution is 2.32. The van der Waals surface area contributed by atoms with E-state index < -0.39 is 10.0 Å². The van der Waals surface area contributed by atoms with E-state index in [1.54, 1.807) is 13.2 Å². The van der Waals surface area contributed by atoms with Gasteiger partial charge in [0, 0.05) is 19.7 Å². The maximum absolute atomic E-state index is 12.8. The monoisotopic (exact) mass is 420 g/mol. The second-order valence-corrected chi connectivity index (χ2v) is 8.52. The molecule has 0 aromatic heterocycles. The number of para-hydroxylation sites is 1. The quantitative estimate of drug-likeness (QED) is 0.695. The van der Waals surface area contributed by atoms with Crippen LogP contribution in [0.3, 0.4) is 0 Å². The van der Waals surface area contributed by atoms with E-state index >= 15 is 0 Å². The number of hydrogen-bond acceptors (Lipinski definition) is 6. The summed E-state index contributed by atoms with van der Waals surface area (Å²) in [7, 11) is -0.879. The largest absolute Gasteiger partial charge is 0.496 e. The van der Waals surface area contributed by atoms with E-state index in [0.29, 0.717) is 37.7 Å². The normalized spacial score (nSPS) is 13.2. The van der Waals surface area contributed by atoms with Crippen molar-refractivity contribution in [1.82, 2.24) is 9.62 Å². The summed E-state index contributed by atoms with van der Waals surface area (Å²) in [6, 6.07) is 12.0. The zero-order valence-electron chi connectivity index (χ0n) is 16.4. The van der Waals surface area contributed by atoms with Gasteiger partial charge in [-0.05, 0) is 30.2 Å². The van der Waals surface area contributed by atoms with Crippen LogP contribution in [0.2, 0.25) is 0 Å². The molecule has 2 aromatic rings. The molecule has 0 saturated heterocycles. The molecule has 1 N–H and O–H groups in total. The lowest BCUT2D eigenvalue weighted by atomic mass is 10.1. The molecular weight excluding hydrogens is 396 g/mol. The first kappa shape index (κ1) is 20.9. The summed E-state index contributed by atoms with van der Waals surface area (Å²) in [6.07, 6.45) is 0.578. The van der Waals surface area contributed by atoms with E-state index in [0.717, 1.165) is 15.6 Å². The van der Waals surface area contributed by atoms with Gasteiger partial charge in [0.05, 0.1) is 18.6 Å². The Morgan fingerprint density at radius 2 is 1.86 bits per heavy atom. The van der Waals surface area contributed by atoms with Gasteiger partial charge in [-0.2, -0.15) is 4.31 Å². The highest BCUT2D eigenvalue weighted by Gasteiger charge is 2.25. The Kier molecular flexibility index (Phi) is 6.60. The van der Waals surface area contributed by atoms with E-state index in [4.69, 9.17) is 14.2 Å². The number of carbonyl (C=O) groups is 1. The van der Waals surface area contributed by atoms with E-state index in [9.17, 15) is 13.2 Å². The van der Waals surface area contributed by atoms with Crippen LogP contribution in [0.4, 0.5) is 0 Å². The fraction of sp³-hybridized carbons (Fsp3) is 0.350. The summed E-state index contributed by atoms with van der Waals surface area (Å²) in [5.41, 5.74) is 0.965. The first-order valence-corrected chi connectivity index (χ1v) is 10.6. The van der Waals surface area contributed by atoms with E-state index in [1.807, 2.05) is 24.3 Å². The van der Waals surface area contributed by atoms with Gasteiger partial charge in [-0.25, -0.2) is 8.42 Å². The Hall–Kier alpha value is -2.78. The average molecular weight is 420 g/mol. The molecule has 9 heteroatoms. The minimum atomic E-state index is -3.84. The van der Waals surface area contributed by atoms with E-state index in [2.05, 4.69) is 5.32 Å². The number of benzene rings is 2. The number of carbonyl (C=O) groups excluding carboxylic acids is 1. The molecule has 156 valence electrons. The van der Waals surface area contributed by atoms with Crippen LogP contribution >= 0.6 is 0 Å². The maximum atomic E-state index is 12.8. The number of methoxy groups -OCH3 is 1. The van der Waals surface area contributed by atoms with Crippen LogP contribution in [0.1, 0.15) is 5.56 Å². The molecule has 1 aliphatic heterocycles. The molecule has 0 bridgehead atoms. The van der Waals surface area contributed by atoms with Gasteiger partial charge in [-0.15, -0.1) is 0 Å². The summed E-state index contributed by atoms with van der Waals surface area (Å²) in [5, 5.41) is 2.74. The number of amides is 1. The van der Waals surface area contributed by atoms with Gasteiger partial charge in [0.2, 0.25) is 15.9 Å². The summed E-state index contributed by atoms with van der Waals surface area (Å²) in [6.45, 7) is 0.870. The molecule has 8 nitrogen and oxygen atoms in total. The summed E-state index contributed by atoms with van der Waals surface area (Å²) in [5.74, 6) is 1.25. The van der Waals surface area contributed by atoms with Crippen molar-refractivity contribution >= 4 is 15.9 Å². The van der Waals surface area contributed by atoms with Crippen molar-refractivity contribution in [2.45, 2.75) is 11.3 Å². The Labute approximate surface area is 170 Å². The van der Waals surface area contributed by atoms with E-state index in [1.165, 1.54) is 19.2 Å². The smallest absolute Gasteiger partial charge is 0.243 e. The zero-order chi connectivity index (χ0) is 20.9. The third-order valence-electron chi connectivity index (χ3n) is 4.50. The zero-order valence-corrected chi connectivity index (χ0v) is 17.2. The molecule has 0 aliphatic carbocycles. The highest BCUT2D eigenvalue weighted by molar-refractivity contribution is 7.89. The van der Waals surface area contributed by atoms with Crippen molar-refractivity contribution in [1.29, 1.82) is 0 Å². The van der Waals surface area contributed by atoms with Crippen molar-refractivity contribution in [3.05, 3.63) is 48.0 Å². The molecule has 3 rings (SSSR count). The molecule has 0 atom stereocenters. The van der Waals surface area contributed by atoms with Crippen LogP contribution in [-0.4, -0.2) is 59.1 Å². The van der Waals surface area contributed by atoms with Gasteiger partial charge >= 0.3 is 0 Å². The van der Waals surface area contributed by atoms with Crippen molar-refractivity contribution in [2.24, 2.45) is 0 Å². The molecule has 0 fully saturated rings. The predicted molar refractivity (Wildman–Crippen MR) is 107 cm³/mol. The summed E-state index contributed by atoms with van der Waals surface area (Å²) < 4.78 is 42.7. The molecule has 1 aliphatic rings. The Bertz CT molecular complexity index is 977. The Balaban J connectivity index is 1.57. The van der Waals surface area contributed by atoms with Crippen LogP contribution in [0.25, 0.3) is 0 Å². The number of likely N-dealkylation sites (N-methyl/N-ethyl adjacent to an activating group) is 1. The van der Waals surface area contributed by atoms with Crippen LogP contribution in [0, 0.1) is 0 Å². The lowest BCUT2D eigenvalue weighted by Crippen LogP contribution is -2.39. The topological polar surface area (TPSA) is 94.2 Å². The van der Waals surface area contributed by atoms with Gasteiger partial charge in [0.25, 0.3) is 0 Å². The molecule has 0 unspecified atom stereocenters. The Morgan fingerprint density at radius 3 is 2.62 bits per heavy atom. The van der Waals surface area contributed by atoms with Crippen molar-refractivity contribution in [3.63, 3.8) is 0 Å². The molecular formula is C20H24N2O6S. The predicted octanol–water partition coefficient (Wildman–Crippen LogP) is 1.45. The number of nitrogens with one attached hydrogen (secondary N) is 1. The van der Waals surface area contributed by atoms with Gasteiger partial charge in [0.1, 0.15) is 19.0 Å². The van der Waals surface area contributed by atoms with Crippen LogP contribution in [0.5, 0.6) is 17.2 Å². The lowest BCUT2D eigenvalue weighted by molar-refractivity contribution is -0.121. The Morgan fingerprint density at radius 1 is 1.14 bits per heavy atom. The van der Waals surface area contributed by atoms with Crippen LogP contribution in [-0.2, 0) is 21.2 Å². The third kappa shape index (κ3) is 4.99. The molecule has 0 saturated carbocycles. The van der Waals surface area contributed by atoms with E-state index in [-0.39, 0.29) is 17.3 Å². The minimum Gasteiger partial charge on any atom is -0.496 e. The highest BCUT2D eigenvalue weighted by atomic mass is 32.2. The number of sulfonamides is 1. The van der Waals surface area contributed by atoms with Crippen molar-refractivity contribution in [3.8, 4) is 17.2 Å². The second-order valence-electron chi connectivity index (χ2n) is 6.48. The van der Waals surface area contributed by atoms with Crippen molar-refractivity contribution in [2.75, 3.05) is 40.5 Å². The number of fused-ring (bicyclic) bond motifs is 1. The molecule has 0 radical (unpaired) electrons. The second kappa shape index (κ2) is 9.15. The number of rotatable bonds is 8. The first-order valence-electron chi connectivity index (χ1n) is 9.16. The molecule has 1 amide bonds. The molecule has 29 heavy (non-hydrogen) atoms. The number of hydrogen-bond donors (Lipinski definition) is 1. The van der Waals surface area contributed by atoms with Gasteiger partial charge < -0.3 is 19.5 Å². The maximum Gasteiger partial charge on any atom is 0.243 e. The van der Waals surface area contributed by atoms with Gasteiger partial charge in [-0.3, -0.25) is 4.79 Å². The third-order valence-corrected chi connectivity index (χ3v) is 6.30. The number of ether oxygens (including phenoxy) is 3.